The second-order valence-corrected chi connectivity index (χ2v) is 6.33. The van der Waals surface area contributed by atoms with Crippen LogP contribution >= 0.6 is 0 Å². The van der Waals surface area contributed by atoms with Crippen molar-refractivity contribution in [2.45, 2.75) is 38.2 Å². The fourth-order valence-corrected chi connectivity index (χ4v) is 3.42. The molecule has 0 aliphatic carbocycles. The molecule has 0 atom stereocenters. The summed E-state index contributed by atoms with van der Waals surface area (Å²) in [7, 11) is -2.98. The molecule has 0 unspecified atom stereocenters. The fraction of sp³-hybridized carbons (Fsp3) is 0.600. The number of fused-ring (bicyclic) bond motifs is 1. The van der Waals surface area contributed by atoms with Crippen LogP contribution in [-0.4, -0.2) is 18.4 Å². The van der Waals surface area contributed by atoms with Gasteiger partial charge in [-0.3, -0.25) is 0 Å². The second kappa shape index (κ2) is 3.27. The molecule has 1 aliphatic heterocycles. The van der Waals surface area contributed by atoms with Gasteiger partial charge in [-0.05, 0) is 12.8 Å². The Balaban J connectivity index is 2.63. The van der Waals surface area contributed by atoms with Gasteiger partial charge >= 0.3 is 0 Å². The monoisotopic (exact) mass is 226 g/mol. The SMILES string of the molecule is Cc1nc2c(c(C(C)C)n1)CS(=O)(=O)C2. The molecule has 1 aliphatic rings. The predicted molar refractivity (Wildman–Crippen MR) is 57.2 cm³/mol. The highest BCUT2D eigenvalue weighted by molar-refractivity contribution is 7.90. The molecule has 0 spiro atoms. The zero-order valence-corrected chi connectivity index (χ0v) is 9.93. The summed E-state index contributed by atoms with van der Waals surface area (Å²) in [5, 5.41) is 0. The molecule has 82 valence electrons. The van der Waals surface area contributed by atoms with Gasteiger partial charge in [0.15, 0.2) is 9.84 Å². The van der Waals surface area contributed by atoms with Crippen molar-refractivity contribution < 1.29 is 8.42 Å². The van der Waals surface area contributed by atoms with Crippen LogP contribution in [0.1, 0.15) is 42.5 Å². The molecular weight excluding hydrogens is 212 g/mol. The van der Waals surface area contributed by atoms with Gasteiger partial charge in [-0.15, -0.1) is 0 Å². The topological polar surface area (TPSA) is 59.9 Å². The van der Waals surface area contributed by atoms with Crippen LogP contribution in [0.2, 0.25) is 0 Å². The second-order valence-electron chi connectivity index (χ2n) is 4.27. The summed E-state index contributed by atoms with van der Waals surface area (Å²) in [6.45, 7) is 5.84. The molecule has 0 fully saturated rings. The third-order valence-corrected chi connectivity index (χ3v) is 3.95. The van der Waals surface area contributed by atoms with Crippen LogP contribution in [-0.2, 0) is 21.3 Å². The van der Waals surface area contributed by atoms with E-state index in [4.69, 9.17) is 0 Å². The molecule has 0 saturated carbocycles. The lowest BCUT2D eigenvalue weighted by Gasteiger charge is -2.09. The molecule has 0 radical (unpaired) electrons. The van der Waals surface area contributed by atoms with Gasteiger partial charge in [0, 0.05) is 5.56 Å². The Morgan fingerprint density at radius 1 is 1.20 bits per heavy atom. The lowest BCUT2D eigenvalue weighted by Crippen LogP contribution is -2.04. The largest absolute Gasteiger partial charge is 0.238 e. The van der Waals surface area contributed by atoms with Crippen molar-refractivity contribution in [3.05, 3.63) is 22.8 Å². The highest BCUT2D eigenvalue weighted by Crippen LogP contribution is 2.29. The van der Waals surface area contributed by atoms with E-state index in [-0.39, 0.29) is 17.4 Å². The maximum Gasteiger partial charge on any atom is 0.160 e. The van der Waals surface area contributed by atoms with E-state index in [1.54, 1.807) is 6.92 Å². The molecule has 15 heavy (non-hydrogen) atoms. The molecule has 1 aromatic heterocycles. The minimum atomic E-state index is -2.98. The van der Waals surface area contributed by atoms with Crippen molar-refractivity contribution in [3.63, 3.8) is 0 Å². The zero-order valence-electron chi connectivity index (χ0n) is 9.11. The van der Waals surface area contributed by atoms with Crippen LogP contribution < -0.4 is 0 Å². The Morgan fingerprint density at radius 2 is 1.87 bits per heavy atom. The van der Waals surface area contributed by atoms with Crippen molar-refractivity contribution in [1.82, 2.24) is 9.97 Å². The number of aryl methyl sites for hydroxylation is 1. The predicted octanol–water partition coefficient (Wildman–Crippen LogP) is 1.34. The Hall–Kier alpha value is -0.970. The molecule has 2 heterocycles. The van der Waals surface area contributed by atoms with Gasteiger partial charge in [0.1, 0.15) is 5.82 Å². The number of hydrogen-bond donors (Lipinski definition) is 0. The van der Waals surface area contributed by atoms with Crippen molar-refractivity contribution >= 4 is 9.84 Å². The molecule has 0 N–H and O–H groups in total. The third-order valence-electron chi connectivity index (χ3n) is 2.50. The van der Waals surface area contributed by atoms with Gasteiger partial charge in [0.05, 0.1) is 22.9 Å². The normalized spacial score (nSPS) is 18.1. The quantitative estimate of drug-likeness (QED) is 0.725. The summed E-state index contributed by atoms with van der Waals surface area (Å²) < 4.78 is 23.0. The van der Waals surface area contributed by atoms with Crippen LogP contribution in [0.4, 0.5) is 0 Å². The Labute approximate surface area is 89.7 Å². The number of sulfone groups is 1. The maximum absolute atomic E-state index is 11.5. The van der Waals surface area contributed by atoms with E-state index in [0.29, 0.717) is 11.5 Å². The lowest BCUT2D eigenvalue weighted by atomic mass is 10.0. The van der Waals surface area contributed by atoms with E-state index in [1.165, 1.54) is 0 Å². The smallest absolute Gasteiger partial charge is 0.160 e. The Bertz CT molecular complexity index is 506. The number of nitrogens with zero attached hydrogens (tertiary/aromatic N) is 2. The van der Waals surface area contributed by atoms with Gasteiger partial charge in [0.2, 0.25) is 0 Å². The maximum atomic E-state index is 11.5. The summed E-state index contributed by atoms with van der Waals surface area (Å²) in [6.07, 6.45) is 0. The van der Waals surface area contributed by atoms with Crippen LogP contribution in [0, 0.1) is 6.92 Å². The first-order chi connectivity index (χ1) is 6.89. The molecule has 1 aromatic rings. The zero-order chi connectivity index (χ0) is 11.2. The first kappa shape index (κ1) is 10.5. The average Bonchev–Trinajstić information content (AvgIpc) is 2.36. The summed E-state index contributed by atoms with van der Waals surface area (Å²) >= 11 is 0. The Morgan fingerprint density at radius 3 is 2.47 bits per heavy atom. The van der Waals surface area contributed by atoms with E-state index in [9.17, 15) is 8.42 Å². The molecule has 0 saturated heterocycles. The van der Waals surface area contributed by atoms with Crippen molar-refractivity contribution in [1.29, 1.82) is 0 Å². The minimum absolute atomic E-state index is 0.0748. The standard InChI is InChI=1S/C10H14N2O2S/c1-6(2)10-8-4-15(13,14)5-9(8)11-7(3)12-10/h6H,4-5H2,1-3H3. The average molecular weight is 226 g/mol. The summed E-state index contributed by atoms with van der Waals surface area (Å²) in [5.74, 6) is 1.09. The van der Waals surface area contributed by atoms with Crippen LogP contribution in [0.5, 0.6) is 0 Å². The van der Waals surface area contributed by atoms with Crippen molar-refractivity contribution in [2.24, 2.45) is 0 Å². The summed E-state index contributed by atoms with van der Waals surface area (Å²) in [4.78, 5) is 8.54. The highest BCUT2D eigenvalue weighted by atomic mass is 32.2. The summed E-state index contributed by atoms with van der Waals surface area (Å²) in [6, 6.07) is 0. The first-order valence-electron chi connectivity index (χ1n) is 4.96. The number of hydrogen-bond acceptors (Lipinski definition) is 4. The van der Waals surface area contributed by atoms with E-state index in [0.717, 1.165) is 11.3 Å². The first-order valence-corrected chi connectivity index (χ1v) is 6.78. The molecule has 2 rings (SSSR count). The van der Waals surface area contributed by atoms with E-state index in [1.807, 2.05) is 13.8 Å². The van der Waals surface area contributed by atoms with Gasteiger partial charge in [-0.2, -0.15) is 0 Å². The van der Waals surface area contributed by atoms with Crippen LogP contribution in [0.3, 0.4) is 0 Å². The minimum Gasteiger partial charge on any atom is -0.238 e. The molecule has 5 heteroatoms. The van der Waals surface area contributed by atoms with Crippen LogP contribution in [0.25, 0.3) is 0 Å². The van der Waals surface area contributed by atoms with Gasteiger partial charge in [-0.25, -0.2) is 18.4 Å². The number of aromatic nitrogens is 2. The van der Waals surface area contributed by atoms with Crippen molar-refractivity contribution in [3.8, 4) is 0 Å². The molecule has 0 amide bonds. The highest BCUT2D eigenvalue weighted by Gasteiger charge is 2.30. The lowest BCUT2D eigenvalue weighted by molar-refractivity contribution is 0.597. The van der Waals surface area contributed by atoms with E-state index >= 15 is 0 Å². The summed E-state index contributed by atoms with van der Waals surface area (Å²) in [5.41, 5.74) is 2.42. The molecule has 4 nitrogen and oxygen atoms in total. The fourth-order valence-electron chi connectivity index (χ4n) is 1.91. The Kier molecular flexibility index (Phi) is 2.30. The van der Waals surface area contributed by atoms with Crippen molar-refractivity contribution in [2.75, 3.05) is 0 Å². The number of rotatable bonds is 1. The van der Waals surface area contributed by atoms with Crippen LogP contribution in [0.15, 0.2) is 0 Å². The van der Waals surface area contributed by atoms with E-state index in [2.05, 4.69) is 9.97 Å². The molecule has 0 bridgehead atoms. The van der Waals surface area contributed by atoms with Gasteiger partial charge in [0.25, 0.3) is 0 Å². The third kappa shape index (κ3) is 1.88. The molecule has 0 aromatic carbocycles. The van der Waals surface area contributed by atoms with E-state index < -0.39 is 9.84 Å². The molecular formula is C10H14N2O2S. The van der Waals surface area contributed by atoms with Gasteiger partial charge in [-0.1, -0.05) is 13.8 Å². The van der Waals surface area contributed by atoms with Gasteiger partial charge < -0.3 is 0 Å².